The first-order chi connectivity index (χ1) is 8.27. The van der Waals surface area contributed by atoms with E-state index in [-0.39, 0.29) is 0 Å². The van der Waals surface area contributed by atoms with E-state index in [2.05, 4.69) is 17.3 Å². The van der Waals surface area contributed by atoms with Crippen LogP contribution in [-0.2, 0) is 16.1 Å². The van der Waals surface area contributed by atoms with Gasteiger partial charge in [-0.2, -0.15) is 0 Å². The molecule has 3 N–H and O–H groups in total. The van der Waals surface area contributed by atoms with Gasteiger partial charge in [-0.05, 0) is 18.6 Å². The summed E-state index contributed by atoms with van der Waals surface area (Å²) in [7, 11) is 0. The predicted octanol–water partition coefficient (Wildman–Crippen LogP) is 1.96. The molecule has 1 aromatic rings. The summed E-state index contributed by atoms with van der Waals surface area (Å²) < 4.78 is 10.7. The van der Waals surface area contributed by atoms with Gasteiger partial charge in [-0.3, -0.25) is 0 Å². The van der Waals surface area contributed by atoms with Crippen molar-refractivity contribution in [2.24, 2.45) is 5.84 Å². The van der Waals surface area contributed by atoms with E-state index in [1.807, 2.05) is 0 Å². The summed E-state index contributed by atoms with van der Waals surface area (Å²) in [6.07, 6.45) is 1.01. The van der Waals surface area contributed by atoms with Crippen LogP contribution in [0.15, 0.2) is 12.1 Å². The molecule has 5 nitrogen and oxygen atoms in total. The Hall–Kier alpha value is -0.880. The van der Waals surface area contributed by atoms with E-state index < -0.39 is 0 Å². The van der Waals surface area contributed by atoms with Crippen LogP contribution in [0.2, 0.25) is 5.02 Å². The molecule has 0 aromatic carbocycles. The number of pyridine rings is 1. The second-order valence-electron chi connectivity index (χ2n) is 3.43. The van der Waals surface area contributed by atoms with Crippen molar-refractivity contribution in [2.45, 2.75) is 20.0 Å². The third-order valence-electron chi connectivity index (χ3n) is 2.03. The summed E-state index contributed by atoms with van der Waals surface area (Å²) in [6, 6.07) is 3.44. The van der Waals surface area contributed by atoms with Crippen LogP contribution < -0.4 is 11.3 Å². The van der Waals surface area contributed by atoms with E-state index in [4.69, 9.17) is 26.9 Å². The molecule has 6 heteroatoms. The molecule has 0 amide bonds. The summed E-state index contributed by atoms with van der Waals surface area (Å²) in [5.41, 5.74) is 3.13. The first kappa shape index (κ1) is 14.2. The van der Waals surface area contributed by atoms with Crippen molar-refractivity contribution in [3.8, 4) is 0 Å². The first-order valence-corrected chi connectivity index (χ1v) is 5.93. The van der Waals surface area contributed by atoms with Gasteiger partial charge in [0.25, 0.3) is 0 Å². The molecule has 0 unspecified atom stereocenters. The van der Waals surface area contributed by atoms with Gasteiger partial charge in [0.05, 0.1) is 30.5 Å². The molecule has 0 saturated carbocycles. The summed E-state index contributed by atoms with van der Waals surface area (Å²) in [5, 5.41) is 0.568. The van der Waals surface area contributed by atoms with Crippen molar-refractivity contribution in [2.75, 3.05) is 25.2 Å². The normalized spacial score (nSPS) is 10.5. The van der Waals surface area contributed by atoms with E-state index in [0.717, 1.165) is 13.0 Å². The summed E-state index contributed by atoms with van der Waals surface area (Å²) in [5.74, 6) is 5.83. The fourth-order valence-electron chi connectivity index (χ4n) is 1.20. The number of hydrazine groups is 1. The molecule has 0 saturated heterocycles. The van der Waals surface area contributed by atoms with Gasteiger partial charge < -0.3 is 14.9 Å². The molecular weight excluding hydrogens is 242 g/mol. The van der Waals surface area contributed by atoms with Crippen LogP contribution in [0.5, 0.6) is 0 Å². The van der Waals surface area contributed by atoms with Gasteiger partial charge >= 0.3 is 0 Å². The standard InChI is InChI=1S/C11H18ClN3O2/c1-2-5-16-6-7-17-8-10-9(12)3-4-11(14-10)15-13/h3-4H,2,5-8,13H2,1H3,(H,14,15). The molecule has 0 aliphatic heterocycles. The third kappa shape index (κ3) is 5.32. The number of nitrogens with two attached hydrogens (primary N) is 1. The maximum Gasteiger partial charge on any atom is 0.140 e. The summed E-state index contributed by atoms with van der Waals surface area (Å²) >= 11 is 5.97. The van der Waals surface area contributed by atoms with E-state index in [0.29, 0.717) is 36.4 Å². The van der Waals surface area contributed by atoms with E-state index in [1.165, 1.54) is 0 Å². The highest BCUT2D eigenvalue weighted by atomic mass is 35.5. The zero-order chi connectivity index (χ0) is 12.5. The smallest absolute Gasteiger partial charge is 0.140 e. The minimum absolute atomic E-state index is 0.351. The molecule has 1 rings (SSSR count). The largest absolute Gasteiger partial charge is 0.379 e. The van der Waals surface area contributed by atoms with Gasteiger partial charge in [0, 0.05) is 6.61 Å². The molecule has 17 heavy (non-hydrogen) atoms. The van der Waals surface area contributed by atoms with Gasteiger partial charge in [0.2, 0.25) is 0 Å². The van der Waals surface area contributed by atoms with Crippen molar-refractivity contribution in [3.05, 3.63) is 22.8 Å². The number of anilines is 1. The molecule has 0 spiro atoms. The summed E-state index contributed by atoms with van der Waals surface area (Å²) in [4.78, 5) is 4.19. The molecule has 0 aliphatic rings. The molecular formula is C11H18ClN3O2. The van der Waals surface area contributed by atoms with Crippen LogP contribution in [-0.4, -0.2) is 24.8 Å². The van der Waals surface area contributed by atoms with E-state index >= 15 is 0 Å². The minimum Gasteiger partial charge on any atom is -0.379 e. The number of hydrogen-bond donors (Lipinski definition) is 2. The van der Waals surface area contributed by atoms with Crippen molar-refractivity contribution in [3.63, 3.8) is 0 Å². The van der Waals surface area contributed by atoms with Crippen LogP contribution in [0.25, 0.3) is 0 Å². The Balaban J connectivity index is 2.30. The number of nitrogens with one attached hydrogen (secondary N) is 1. The fourth-order valence-corrected chi connectivity index (χ4v) is 1.36. The zero-order valence-corrected chi connectivity index (χ0v) is 10.7. The molecule has 0 atom stereocenters. The Morgan fingerprint density at radius 3 is 2.76 bits per heavy atom. The van der Waals surface area contributed by atoms with Gasteiger partial charge in [0.15, 0.2) is 0 Å². The number of rotatable bonds is 8. The van der Waals surface area contributed by atoms with Crippen molar-refractivity contribution in [1.82, 2.24) is 4.98 Å². The maximum absolute atomic E-state index is 5.97. The second kappa shape index (κ2) is 8.25. The minimum atomic E-state index is 0.351. The predicted molar refractivity (Wildman–Crippen MR) is 67.8 cm³/mol. The lowest BCUT2D eigenvalue weighted by atomic mass is 10.3. The highest BCUT2D eigenvalue weighted by Gasteiger charge is 2.03. The topological polar surface area (TPSA) is 69.4 Å². The SMILES string of the molecule is CCCOCCOCc1nc(NN)ccc1Cl. The fraction of sp³-hybridized carbons (Fsp3) is 0.545. The van der Waals surface area contributed by atoms with Crippen LogP contribution >= 0.6 is 11.6 Å². The Kier molecular flexibility index (Phi) is 6.88. The van der Waals surface area contributed by atoms with Crippen LogP contribution in [0, 0.1) is 0 Å². The lowest BCUT2D eigenvalue weighted by Crippen LogP contribution is -2.10. The highest BCUT2D eigenvalue weighted by molar-refractivity contribution is 6.31. The number of ether oxygens (including phenoxy) is 2. The van der Waals surface area contributed by atoms with E-state index in [1.54, 1.807) is 12.1 Å². The summed E-state index contributed by atoms with van der Waals surface area (Å²) in [6.45, 7) is 4.28. The molecule has 0 radical (unpaired) electrons. The quantitative estimate of drug-likeness (QED) is 0.424. The lowest BCUT2D eigenvalue weighted by molar-refractivity contribution is 0.0398. The number of halogens is 1. The Labute approximate surface area is 106 Å². The molecule has 0 aliphatic carbocycles. The number of nitrogen functional groups attached to an aromatic ring is 1. The molecule has 1 aromatic heterocycles. The lowest BCUT2D eigenvalue weighted by Gasteiger charge is -2.07. The van der Waals surface area contributed by atoms with Crippen LogP contribution in [0.1, 0.15) is 19.0 Å². The maximum atomic E-state index is 5.97. The molecule has 1 heterocycles. The first-order valence-electron chi connectivity index (χ1n) is 5.55. The van der Waals surface area contributed by atoms with Gasteiger partial charge in [-0.25, -0.2) is 10.8 Å². The zero-order valence-electron chi connectivity index (χ0n) is 9.91. The van der Waals surface area contributed by atoms with Crippen LogP contribution in [0.3, 0.4) is 0 Å². The van der Waals surface area contributed by atoms with Crippen molar-refractivity contribution >= 4 is 17.4 Å². The molecule has 96 valence electrons. The van der Waals surface area contributed by atoms with Gasteiger partial charge in [-0.1, -0.05) is 18.5 Å². The number of hydrogen-bond acceptors (Lipinski definition) is 5. The average molecular weight is 260 g/mol. The molecule has 0 bridgehead atoms. The van der Waals surface area contributed by atoms with Crippen molar-refractivity contribution in [1.29, 1.82) is 0 Å². The Morgan fingerprint density at radius 2 is 2.06 bits per heavy atom. The monoisotopic (exact) mass is 259 g/mol. The highest BCUT2D eigenvalue weighted by Crippen LogP contribution is 2.16. The molecule has 0 fully saturated rings. The Morgan fingerprint density at radius 1 is 1.29 bits per heavy atom. The second-order valence-corrected chi connectivity index (χ2v) is 3.84. The van der Waals surface area contributed by atoms with Gasteiger partial charge in [-0.15, -0.1) is 0 Å². The van der Waals surface area contributed by atoms with Gasteiger partial charge in [0.1, 0.15) is 5.82 Å². The van der Waals surface area contributed by atoms with E-state index in [9.17, 15) is 0 Å². The Bertz CT molecular complexity index is 336. The average Bonchev–Trinajstić information content (AvgIpc) is 2.35. The number of aromatic nitrogens is 1. The number of nitrogens with zero attached hydrogens (tertiary/aromatic N) is 1. The van der Waals surface area contributed by atoms with Crippen LogP contribution in [0.4, 0.5) is 5.82 Å². The third-order valence-corrected chi connectivity index (χ3v) is 2.37. The van der Waals surface area contributed by atoms with Crippen molar-refractivity contribution < 1.29 is 9.47 Å².